The highest BCUT2D eigenvalue weighted by Crippen LogP contribution is 2.76. The van der Waals surface area contributed by atoms with Gasteiger partial charge in [0, 0.05) is 11.8 Å². The molecule has 8 fully saturated rings. The Morgan fingerprint density at radius 2 is 1.26 bits per heavy atom. The Bertz CT molecular complexity index is 388. The molecule has 1 saturated heterocycles. The Labute approximate surface area is 116 Å². The quantitative estimate of drug-likeness (QED) is 0.693. The van der Waals surface area contributed by atoms with Crippen molar-refractivity contribution < 1.29 is 4.74 Å². The molecule has 0 amide bonds. The first-order valence-electron chi connectivity index (χ1n) is 8.83. The third-order valence-electron chi connectivity index (χ3n) is 9.12. The first-order chi connectivity index (χ1) is 9.19. The third-order valence-corrected chi connectivity index (χ3v) is 9.12. The van der Waals surface area contributed by atoms with Crippen molar-refractivity contribution >= 4 is 0 Å². The summed E-state index contributed by atoms with van der Waals surface area (Å²) in [5.41, 5.74) is 0.888. The van der Waals surface area contributed by atoms with Gasteiger partial charge in [0.25, 0.3) is 0 Å². The van der Waals surface area contributed by atoms with Gasteiger partial charge in [-0.1, -0.05) is 0 Å². The minimum absolute atomic E-state index is 0.278. The van der Waals surface area contributed by atoms with Gasteiger partial charge in [-0.05, 0) is 86.9 Å². The fourth-order valence-corrected chi connectivity index (χ4v) is 8.38. The van der Waals surface area contributed by atoms with Crippen molar-refractivity contribution in [2.24, 2.45) is 46.8 Å². The lowest BCUT2D eigenvalue weighted by Gasteiger charge is -2.75. The third kappa shape index (κ3) is 0.991. The highest BCUT2D eigenvalue weighted by molar-refractivity contribution is 5.20. The van der Waals surface area contributed by atoms with Crippen LogP contribution in [0.25, 0.3) is 0 Å². The smallest absolute Gasteiger partial charge is 0.0732 e. The largest absolute Gasteiger partial charge is 0.375 e. The second-order valence-electron chi connectivity index (χ2n) is 9.28. The van der Waals surface area contributed by atoms with Crippen LogP contribution in [0, 0.1) is 46.8 Å². The van der Waals surface area contributed by atoms with E-state index < -0.39 is 0 Å². The molecule has 7 saturated carbocycles. The summed E-state index contributed by atoms with van der Waals surface area (Å²) in [5, 5.41) is 0. The Morgan fingerprint density at radius 3 is 1.63 bits per heavy atom. The maximum atomic E-state index is 6.17. The van der Waals surface area contributed by atoms with E-state index in [2.05, 4.69) is 6.92 Å². The molecule has 19 heavy (non-hydrogen) atoms. The monoisotopic (exact) mass is 258 g/mol. The molecule has 8 aliphatic rings. The van der Waals surface area contributed by atoms with Gasteiger partial charge in [-0.25, -0.2) is 0 Å². The van der Waals surface area contributed by atoms with E-state index in [-0.39, 0.29) is 5.60 Å². The normalized spacial score (nSPS) is 71.5. The maximum absolute atomic E-state index is 6.17. The molecule has 0 spiro atoms. The fourth-order valence-electron chi connectivity index (χ4n) is 8.38. The van der Waals surface area contributed by atoms with Crippen molar-refractivity contribution in [3.05, 3.63) is 0 Å². The van der Waals surface area contributed by atoms with Crippen molar-refractivity contribution in [3.63, 3.8) is 0 Å². The minimum Gasteiger partial charge on any atom is -0.375 e. The summed E-state index contributed by atoms with van der Waals surface area (Å²) in [5.74, 6) is 7.94. The molecular formula is C18H26O. The molecule has 104 valence electrons. The predicted molar refractivity (Wildman–Crippen MR) is 73.5 cm³/mol. The molecule has 0 aromatic rings. The van der Waals surface area contributed by atoms with E-state index in [1.807, 2.05) is 0 Å². The van der Waals surface area contributed by atoms with Crippen LogP contribution in [0.4, 0.5) is 0 Å². The fraction of sp³-hybridized carbons (Fsp3) is 1.00. The Morgan fingerprint density at radius 1 is 0.789 bits per heavy atom. The van der Waals surface area contributed by atoms with Gasteiger partial charge in [-0.15, -0.1) is 0 Å². The van der Waals surface area contributed by atoms with Gasteiger partial charge in [0.2, 0.25) is 0 Å². The molecule has 1 heteroatoms. The van der Waals surface area contributed by atoms with E-state index in [4.69, 9.17) is 4.74 Å². The Kier molecular flexibility index (Phi) is 1.65. The number of hydrogen-bond donors (Lipinski definition) is 0. The predicted octanol–water partition coefficient (Wildman–Crippen LogP) is 3.87. The standard InChI is InChI=1S/C18H26O/c1-17(2-3-19-17)18-7-14-11-4-10-5-12(14)16(9-18)13(6-10)15(11)8-18/h10-16H,2-9H2,1H3. The minimum atomic E-state index is 0.278. The molecular weight excluding hydrogens is 232 g/mol. The summed E-state index contributed by atoms with van der Waals surface area (Å²) in [6, 6.07) is 0. The molecule has 7 aliphatic carbocycles. The van der Waals surface area contributed by atoms with E-state index in [1.54, 1.807) is 38.5 Å². The summed E-state index contributed by atoms with van der Waals surface area (Å²) in [6.07, 6.45) is 10.8. The second kappa shape index (κ2) is 2.93. The van der Waals surface area contributed by atoms with Crippen LogP contribution >= 0.6 is 0 Å². The van der Waals surface area contributed by atoms with Gasteiger partial charge in [0.15, 0.2) is 0 Å². The highest BCUT2D eigenvalue weighted by Gasteiger charge is 2.71. The SMILES string of the molecule is CC1(C23CC4C5CC6CC4C(C2)C(C6)C5C3)CCO1. The van der Waals surface area contributed by atoms with Crippen molar-refractivity contribution in [2.75, 3.05) is 6.61 Å². The molecule has 0 radical (unpaired) electrons. The molecule has 1 nitrogen and oxygen atoms in total. The lowest BCUT2D eigenvalue weighted by Crippen LogP contribution is -2.71. The Hall–Kier alpha value is -0.0400. The molecule has 0 N–H and O–H groups in total. The van der Waals surface area contributed by atoms with Crippen LogP contribution in [0.1, 0.15) is 51.9 Å². The summed E-state index contributed by atoms with van der Waals surface area (Å²) in [7, 11) is 0. The van der Waals surface area contributed by atoms with Crippen molar-refractivity contribution in [1.29, 1.82) is 0 Å². The zero-order valence-electron chi connectivity index (χ0n) is 12.1. The zero-order valence-corrected chi connectivity index (χ0v) is 12.1. The van der Waals surface area contributed by atoms with Crippen LogP contribution in [-0.4, -0.2) is 12.2 Å². The van der Waals surface area contributed by atoms with Crippen molar-refractivity contribution in [3.8, 4) is 0 Å². The van der Waals surface area contributed by atoms with E-state index in [9.17, 15) is 0 Å². The van der Waals surface area contributed by atoms with Gasteiger partial charge < -0.3 is 4.74 Å². The lowest BCUT2D eigenvalue weighted by atomic mass is 9.31. The first kappa shape index (κ1) is 10.7. The van der Waals surface area contributed by atoms with Crippen molar-refractivity contribution in [2.45, 2.75) is 57.5 Å². The van der Waals surface area contributed by atoms with Gasteiger partial charge in [0.05, 0.1) is 12.2 Å². The maximum Gasteiger partial charge on any atom is 0.0732 e. The van der Waals surface area contributed by atoms with Crippen LogP contribution < -0.4 is 0 Å². The Balaban J connectivity index is 1.48. The molecule has 1 atom stereocenters. The molecule has 1 heterocycles. The summed E-state index contributed by atoms with van der Waals surface area (Å²) >= 11 is 0. The summed E-state index contributed by atoms with van der Waals surface area (Å²) in [4.78, 5) is 0. The van der Waals surface area contributed by atoms with Crippen LogP contribution in [0.2, 0.25) is 0 Å². The number of hydrogen-bond acceptors (Lipinski definition) is 1. The lowest BCUT2D eigenvalue weighted by molar-refractivity contribution is -0.308. The van der Waals surface area contributed by atoms with Crippen LogP contribution in [0.3, 0.4) is 0 Å². The first-order valence-corrected chi connectivity index (χ1v) is 8.83. The van der Waals surface area contributed by atoms with E-state index >= 15 is 0 Å². The van der Waals surface area contributed by atoms with Gasteiger partial charge in [-0.3, -0.25) is 0 Å². The molecule has 0 aromatic carbocycles. The van der Waals surface area contributed by atoms with Crippen LogP contribution in [-0.2, 0) is 4.74 Å². The average molecular weight is 258 g/mol. The average Bonchev–Trinajstić information content (AvgIpc) is 2.41. The van der Waals surface area contributed by atoms with Gasteiger partial charge in [0.1, 0.15) is 0 Å². The molecule has 1 aliphatic heterocycles. The molecule has 8 bridgehead atoms. The van der Waals surface area contributed by atoms with Crippen molar-refractivity contribution in [1.82, 2.24) is 0 Å². The van der Waals surface area contributed by atoms with E-state index in [0.717, 1.165) is 48.0 Å². The summed E-state index contributed by atoms with van der Waals surface area (Å²) in [6.45, 7) is 3.50. The van der Waals surface area contributed by atoms with E-state index in [0.29, 0.717) is 5.41 Å². The van der Waals surface area contributed by atoms with Crippen LogP contribution in [0.15, 0.2) is 0 Å². The molecule has 8 rings (SSSR count). The zero-order chi connectivity index (χ0) is 12.4. The topological polar surface area (TPSA) is 9.23 Å². The van der Waals surface area contributed by atoms with Gasteiger partial charge >= 0.3 is 0 Å². The number of ether oxygens (including phenoxy) is 1. The van der Waals surface area contributed by atoms with Crippen LogP contribution in [0.5, 0.6) is 0 Å². The molecule has 0 aromatic heterocycles. The number of rotatable bonds is 1. The highest BCUT2D eigenvalue weighted by atomic mass is 16.5. The summed E-state index contributed by atoms with van der Waals surface area (Å²) < 4.78 is 6.17. The van der Waals surface area contributed by atoms with Gasteiger partial charge in [-0.2, -0.15) is 0 Å². The second-order valence-corrected chi connectivity index (χ2v) is 9.28. The van der Waals surface area contributed by atoms with E-state index in [1.165, 1.54) is 6.42 Å². The molecule has 1 unspecified atom stereocenters.